The quantitative estimate of drug-likeness (QED) is 0.793. The van der Waals surface area contributed by atoms with E-state index in [4.69, 9.17) is 15.0 Å². The summed E-state index contributed by atoms with van der Waals surface area (Å²) in [5.41, 5.74) is 0.352. The Bertz CT molecular complexity index is 605. The second kappa shape index (κ2) is 5.04. The second-order valence-electron chi connectivity index (χ2n) is 5.03. The van der Waals surface area contributed by atoms with Crippen LogP contribution in [0.3, 0.4) is 0 Å². The number of sulfonamides is 1. The van der Waals surface area contributed by atoms with Crippen LogP contribution in [0.25, 0.3) is 0 Å². The van der Waals surface area contributed by atoms with E-state index in [1.54, 1.807) is 12.1 Å². The van der Waals surface area contributed by atoms with Crippen LogP contribution in [0.1, 0.15) is 6.92 Å². The highest BCUT2D eigenvalue weighted by molar-refractivity contribution is 7.89. The highest BCUT2D eigenvalue weighted by Crippen LogP contribution is 2.30. The lowest BCUT2D eigenvalue weighted by atomic mass is 9.95. The van der Waals surface area contributed by atoms with E-state index in [0.717, 1.165) is 5.69 Å². The van der Waals surface area contributed by atoms with Crippen molar-refractivity contribution in [1.82, 2.24) is 0 Å². The monoisotopic (exact) mass is 300 g/mol. The van der Waals surface area contributed by atoms with Crippen molar-refractivity contribution in [3.05, 3.63) is 24.3 Å². The van der Waals surface area contributed by atoms with Crippen LogP contribution in [0.2, 0.25) is 0 Å². The molecule has 1 aliphatic rings. The SMILES string of the molecule is CC1(OCC(=O)O)CN(c2ccc(S(N)(=O)=O)cc2)C1. The summed E-state index contributed by atoms with van der Waals surface area (Å²) in [4.78, 5) is 12.5. The van der Waals surface area contributed by atoms with Crippen molar-refractivity contribution >= 4 is 21.7 Å². The maximum Gasteiger partial charge on any atom is 0.329 e. The standard InChI is InChI=1S/C12H16N2O5S/c1-12(19-6-11(15)16)7-14(8-12)9-2-4-10(5-3-9)20(13,17)18/h2-5H,6-8H2,1H3,(H,15,16)(H2,13,17,18). The van der Waals surface area contributed by atoms with Crippen LogP contribution in [-0.4, -0.2) is 44.8 Å². The molecule has 8 heteroatoms. The summed E-state index contributed by atoms with van der Waals surface area (Å²) >= 11 is 0. The minimum atomic E-state index is -3.68. The molecule has 0 aromatic heterocycles. The van der Waals surface area contributed by atoms with E-state index in [-0.39, 0.29) is 11.5 Å². The lowest BCUT2D eigenvalue weighted by Crippen LogP contribution is -2.62. The first kappa shape index (κ1) is 14.8. The lowest BCUT2D eigenvalue weighted by molar-refractivity contribution is -0.150. The number of carboxylic acid groups (broad SMARTS) is 1. The summed E-state index contributed by atoms with van der Waals surface area (Å²) in [6.45, 7) is 2.61. The van der Waals surface area contributed by atoms with Crippen molar-refractivity contribution < 1.29 is 23.1 Å². The molecule has 20 heavy (non-hydrogen) atoms. The van der Waals surface area contributed by atoms with Crippen molar-refractivity contribution in [3.63, 3.8) is 0 Å². The Morgan fingerprint density at radius 2 is 1.95 bits per heavy atom. The van der Waals surface area contributed by atoms with E-state index in [0.29, 0.717) is 13.1 Å². The molecular weight excluding hydrogens is 284 g/mol. The van der Waals surface area contributed by atoms with Gasteiger partial charge in [-0.05, 0) is 31.2 Å². The average molecular weight is 300 g/mol. The van der Waals surface area contributed by atoms with Gasteiger partial charge in [-0.15, -0.1) is 0 Å². The third kappa shape index (κ3) is 3.27. The molecule has 0 atom stereocenters. The molecule has 0 amide bonds. The molecule has 0 spiro atoms. The third-order valence-corrected chi connectivity index (χ3v) is 4.05. The number of rotatable bonds is 5. The van der Waals surface area contributed by atoms with E-state index in [9.17, 15) is 13.2 Å². The highest BCUT2D eigenvalue weighted by Gasteiger charge is 2.40. The number of aliphatic carboxylic acids is 1. The molecule has 1 fully saturated rings. The lowest BCUT2D eigenvalue weighted by Gasteiger charge is -2.48. The summed E-state index contributed by atoms with van der Waals surface area (Å²) in [5, 5.41) is 13.6. The molecule has 0 aliphatic carbocycles. The van der Waals surface area contributed by atoms with Crippen molar-refractivity contribution in [2.24, 2.45) is 5.14 Å². The number of hydrogen-bond donors (Lipinski definition) is 2. The smallest absolute Gasteiger partial charge is 0.329 e. The predicted octanol–water partition coefficient (Wildman–Crippen LogP) is 0.0139. The normalized spacial score (nSPS) is 17.6. The minimum Gasteiger partial charge on any atom is -0.480 e. The Morgan fingerprint density at radius 3 is 2.40 bits per heavy atom. The first-order valence-corrected chi connectivity index (χ1v) is 7.48. The molecule has 0 radical (unpaired) electrons. The molecule has 3 N–H and O–H groups in total. The molecule has 1 heterocycles. The van der Waals surface area contributed by atoms with E-state index in [1.165, 1.54) is 12.1 Å². The molecule has 7 nitrogen and oxygen atoms in total. The van der Waals surface area contributed by atoms with Crippen LogP contribution < -0.4 is 10.0 Å². The maximum absolute atomic E-state index is 11.1. The van der Waals surface area contributed by atoms with Crippen molar-refractivity contribution in [2.75, 3.05) is 24.6 Å². The number of anilines is 1. The van der Waals surface area contributed by atoms with Gasteiger partial charge in [0.25, 0.3) is 0 Å². The Balaban J connectivity index is 1.97. The molecule has 1 aromatic rings. The van der Waals surface area contributed by atoms with Gasteiger partial charge in [-0.2, -0.15) is 0 Å². The van der Waals surface area contributed by atoms with Gasteiger partial charge >= 0.3 is 5.97 Å². The molecule has 0 bridgehead atoms. The van der Waals surface area contributed by atoms with Gasteiger partial charge < -0.3 is 14.7 Å². The maximum atomic E-state index is 11.1. The number of benzene rings is 1. The Kier molecular flexibility index (Phi) is 3.72. The zero-order chi connectivity index (χ0) is 15.0. The fraction of sp³-hybridized carbons (Fsp3) is 0.417. The van der Waals surface area contributed by atoms with E-state index in [1.807, 2.05) is 11.8 Å². The zero-order valence-corrected chi connectivity index (χ0v) is 11.8. The average Bonchev–Trinajstić information content (AvgIpc) is 2.32. The number of carbonyl (C=O) groups is 1. The van der Waals surface area contributed by atoms with Crippen LogP contribution in [0, 0.1) is 0 Å². The number of primary sulfonamides is 1. The van der Waals surface area contributed by atoms with Gasteiger partial charge in [0.1, 0.15) is 12.2 Å². The molecular formula is C12H16N2O5S. The van der Waals surface area contributed by atoms with Crippen LogP contribution in [0.5, 0.6) is 0 Å². The minimum absolute atomic E-state index is 0.0617. The third-order valence-electron chi connectivity index (χ3n) is 3.13. The first-order chi connectivity index (χ1) is 9.20. The predicted molar refractivity (Wildman–Crippen MR) is 72.0 cm³/mol. The number of nitrogens with zero attached hydrogens (tertiary/aromatic N) is 1. The Hall–Kier alpha value is -1.64. The van der Waals surface area contributed by atoms with Gasteiger partial charge in [0.2, 0.25) is 10.0 Å². The fourth-order valence-corrected chi connectivity index (χ4v) is 2.63. The van der Waals surface area contributed by atoms with Gasteiger partial charge in [0.15, 0.2) is 0 Å². The van der Waals surface area contributed by atoms with Gasteiger partial charge in [-0.1, -0.05) is 0 Å². The van der Waals surface area contributed by atoms with Crippen LogP contribution >= 0.6 is 0 Å². The molecule has 1 saturated heterocycles. The topological polar surface area (TPSA) is 110 Å². The summed E-state index contributed by atoms with van der Waals surface area (Å²) < 4.78 is 27.6. The first-order valence-electron chi connectivity index (χ1n) is 5.93. The van der Waals surface area contributed by atoms with E-state index in [2.05, 4.69) is 0 Å². The van der Waals surface area contributed by atoms with Crippen LogP contribution in [0.15, 0.2) is 29.2 Å². The fourth-order valence-electron chi connectivity index (χ4n) is 2.12. The molecule has 0 unspecified atom stereocenters. The Labute approximate surface area is 117 Å². The van der Waals surface area contributed by atoms with Crippen LogP contribution in [0.4, 0.5) is 5.69 Å². The molecule has 2 rings (SSSR count). The number of nitrogens with two attached hydrogens (primary N) is 1. The van der Waals surface area contributed by atoms with Gasteiger partial charge in [0.05, 0.1) is 4.90 Å². The van der Waals surface area contributed by atoms with E-state index < -0.39 is 21.6 Å². The summed E-state index contributed by atoms with van der Waals surface area (Å²) in [6.07, 6.45) is 0. The zero-order valence-electron chi connectivity index (χ0n) is 10.9. The van der Waals surface area contributed by atoms with Crippen LogP contribution in [-0.2, 0) is 19.6 Å². The van der Waals surface area contributed by atoms with Crippen molar-refractivity contribution in [1.29, 1.82) is 0 Å². The second-order valence-corrected chi connectivity index (χ2v) is 6.59. The number of ether oxygens (including phenoxy) is 1. The molecule has 1 aromatic carbocycles. The Morgan fingerprint density at radius 1 is 1.40 bits per heavy atom. The van der Waals surface area contributed by atoms with Crippen molar-refractivity contribution in [2.45, 2.75) is 17.4 Å². The molecule has 110 valence electrons. The highest BCUT2D eigenvalue weighted by atomic mass is 32.2. The summed E-state index contributed by atoms with van der Waals surface area (Å²) in [6, 6.07) is 6.21. The van der Waals surface area contributed by atoms with Crippen molar-refractivity contribution in [3.8, 4) is 0 Å². The van der Waals surface area contributed by atoms with Gasteiger partial charge in [0, 0.05) is 18.8 Å². The molecule has 0 saturated carbocycles. The number of hydrogen-bond acceptors (Lipinski definition) is 5. The van der Waals surface area contributed by atoms with Gasteiger partial charge in [-0.25, -0.2) is 18.4 Å². The molecule has 1 aliphatic heterocycles. The van der Waals surface area contributed by atoms with Gasteiger partial charge in [-0.3, -0.25) is 0 Å². The van der Waals surface area contributed by atoms with E-state index >= 15 is 0 Å². The summed E-state index contributed by atoms with van der Waals surface area (Å²) in [7, 11) is -3.68. The number of carboxylic acids is 1. The largest absolute Gasteiger partial charge is 0.480 e. The summed E-state index contributed by atoms with van der Waals surface area (Å²) in [5.74, 6) is -0.998.